The molecule has 0 heterocycles. The monoisotopic (exact) mass is 302 g/mol. The minimum Gasteiger partial charge on any atom is -0.459 e. The summed E-state index contributed by atoms with van der Waals surface area (Å²) in [7, 11) is 0. The Labute approximate surface area is 125 Å². The summed E-state index contributed by atoms with van der Waals surface area (Å²) in [5, 5.41) is 0. The summed E-state index contributed by atoms with van der Waals surface area (Å²) in [4.78, 5) is 22.8. The molecule has 0 radical (unpaired) electrons. The predicted molar refractivity (Wildman–Crippen MR) is 77.5 cm³/mol. The van der Waals surface area contributed by atoms with Crippen LogP contribution < -0.4 is 0 Å². The van der Waals surface area contributed by atoms with Crippen LogP contribution >= 0.6 is 11.6 Å². The second-order valence-electron chi connectivity index (χ2n) is 5.87. The van der Waals surface area contributed by atoms with E-state index in [1.165, 1.54) is 0 Å². The molecule has 1 saturated carbocycles. The third-order valence-electron chi connectivity index (χ3n) is 3.77. The molecular weight excluding hydrogens is 280 g/mol. The zero-order chi connectivity index (χ0) is 15.3. The van der Waals surface area contributed by atoms with Gasteiger partial charge in [-0.2, -0.15) is 0 Å². The lowest BCUT2D eigenvalue weighted by Gasteiger charge is -2.38. The maximum Gasteiger partial charge on any atom is 0.333 e. The highest BCUT2D eigenvalue weighted by atomic mass is 35.5. The number of hydrogen-bond acceptors (Lipinski definition) is 4. The summed E-state index contributed by atoms with van der Waals surface area (Å²) < 4.78 is 10.7. The normalized spacial score (nSPS) is 23.0. The molecule has 1 aliphatic carbocycles. The van der Waals surface area contributed by atoms with Crippen LogP contribution in [0.25, 0.3) is 0 Å². The van der Waals surface area contributed by atoms with Gasteiger partial charge in [0.25, 0.3) is 0 Å². The highest BCUT2D eigenvalue weighted by Gasteiger charge is 2.36. The van der Waals surface area contributed by atoms with Gasteiger partial charge in [-0.05, 0) is 52.4 Å². The number of hydrogen-bond donors (Lipinski definition) is 0. The first-order chi connectivity index (χ1) is 9.26. The van der Waals surface area contributed by atoms with Crippen molar-refractivity contribution in [3.63, 3.8) is 0 Å². The minimum absolute atomic E-state index is 0.0602. The molecule has 0 aromatic carbocycles. The van der Waals surface area contributed by atoms with Crippen LogP contribution in [-0.4, -0.2) is 29.5 Å². The van der Waals surface area contributed by atoms with E-state index in [0.717, 1.165) is 25.7 Å². The Kier molecular flexibility index (Phi) is 6.06. The zero-order valence-corrected chi connectivity index (χ0v) is 13.2. The molecule has 0 atom stereocenters. The second-order valence-corrected chi connectivity index (χ2v) is 6.14. The van der Waals surface area contributed by atoms with Gasteiger partial charge in [0.15, 0.2) is 0 Å². The van der Waals surface area contributed by atoms with Gasteiger partial charge in [0.2, 0.25) is 0 Å². The van der Waals surface area contributed by atoms with Gasteiger partial charge in [-0.1, -0.05) is 6.58 Å². The Bertz CT molecular complexity index is 381. The van der Waals surface area contributed by atoms with Gasteiger partial charge < -0.3 is 9.47 Å². The molecule has 0 aromatic heterocycles. The Morgan fingerprint density at radius 1 is 1.25 bits per heavy atom. The van der Waals surface area contributed by atoms with Crippen molar-refractivity contribution < 1.29 is 19.1 Å². The average Bonchev–Trinajstić information content (AvgIpc) is 2.38. The molecule has 0 aromatic rings. The second kappa shape index (κ2) is 7.11. The predicted octanol–water partition coefficient (Wildman–Crippen LogP) is 3.23. The molecule has 0 saturated heterocycles. The van der Waals surface area contributed by atoms with Gasteiger partial charge in [-0.3, -0.25) is 4.79 Å². The molecule has 0 spiro atoms. The third kappa shape index (κ3) is 4.82. The molecule has 0 aliphatic heterocycles. The van der Waals surface area contributed by atoms with Crippen LogP contribution in [0.1, 0.15) is 46.5 Å². The zero-order valence-electron chi connectivity index (χ0n) is 12.4. The molecule has 114 valence electrons. The maximum absolute atomic E-state index is 11.5. The van der Waals surface area contributed by atoms with Crippen LogP contribution in [0.3, 0.4) is 0 Å². The Morgan fingerprint density at radius 2 is 1.80 bits per heavy atom. The van der Waals surface area contributed by atoms with Crippen LogP contribution in [0.15, 0.2) is 12.2 Å². The van der Waals surface area contributed by atoms with E-state index in [9.17, 15) is 9.59 Å². The van der Waals surface area contributed by atoms with Crippen molar-refractivity contribution in [2.24, 2.45) is 5.92 Å². The quantitative estimate of drug-likeness (QED) is 0.444. The fourth-order valence-electron chi connectivity index (χ4n) is 2.53. The lowest BCUT2D eigenvalue weighted by Crippen LogP contribution is -2.40. The Morgan fingerprint density at radius 3 is 2.25 bits per heavy atom. The van der Waals surface area contributed by atoms with E-state index in [0.29, 0.717) is 5.57 Å². The molecule has 0 N–H and O–H groups in total. The van der Waals surface area contributed by atoms with Gasteiger partial charge in [0.1, 0.15) is 17.6 Å². The van der Waals surface area contributed by atoms with Gasteiger partial charge in [0.05, 0.1) is 0 Å². The maximum atomic E-state index is 11.5. The van der Waals surface area contributed by atoms with E-state index < -0.39 is 11.6 Å². The first kappa shape index (κ1) is 17.0. The van der Waals surface area contributed by atoms with Crippen LogP contribution in [0.2, 0.25) is 0 Å². The van der Waals surface area contributed by atoms with Gasteiger partial charge in [-0.15, -0.1) is 11.6 Å². The van der Waals surface area contributed by atoms with Crippen molar-refractivity contribution in [3.8, 4) is 0 Å². The lowest BCUT2D eigenvalue weighted by atomic mass is 9.77. The highest BCUT2D eigenvalue weighted by Crippen LogP contribution is 2.36. The van der Waals surface area contributed by atoms with Gasteiger partial charge in [0, 0.05) is 5.57 Å². The molecule has 1 rings (SSSR count). The molecule has 0 amide bonds. The number of ether oxygens (including phenoxy) is 2. The summed E-state index contributed by atoms with van der Waals surface area (Å²) in [6.45, 7) is 9.02. The van der Waals surface area contributed by atoms with Crippen LogP contribution in [0.4, 0.5) is 0 Å². The number of halogens is 1. The van der Waals surface area contributed by atoms with Crippen molar-refractivity contribution in [3.05, 3.63) is 12.2 Å². The molecule has 1 aliphatic rings. The summed E-state index contributed by atoms with van der Waals surface area (Å²) in [6.07, 6.45) is 3.22. The topological polar surface area (TPSA) is 52.6 Å². The number of rotatable bonds is 5. The van der Waals surface area contributed by atoms with Crippen LogP contribution in [-0.2, 0) is 19.1 Å². The van der Waals surface area contributed by atoms with Crippen molar-refractivity contribution in [2.45, 2.75) is 58.2 Å². The lowest BCUT2D eigenvalue weighted by molar-refractivity contribution is -0.161. The van der Waals surface area contributed by atoms with E-state index in [1.54, 1.807) is 6.92 Å². The number of esters is 2. The van der Waals surface area contributed by atoms with E-state index in [-0.39, 0.29) is 23.9 Å². The van der Waals surface area contributed by atoms with Crippen molar-refractivity contribution in [1.82, 2.24) is 0 Å². The fraction of sp³-hybridized carbons (Fsp3) is 0.733. The molecule has 20 heavy (non-hydrogen) atoms. The van der Waals surface area contributed by atoms with E-state index >= 15 is 0 Å². The van der Waals surface area contributed by atoms with Crippen molar-refractivity contribution in [1.29, 1.82) is 0 Å². The fourth-order valence-corrected chi connectivity index (χ4v) is 2.59. The number of alkyl halides is 1. The number of carbonyl (C=O) groups excluding carboxylic acids is 2. The van der Waals surface area contributed by atoms with E-state index in [2.05, 4.69) is 6.58 Å². The molecule has 5 heteroatoms. The third-order valence-corrected chi connectivity index (χ3v) is 3.98. The summed E-state index contributed by atoms with van der Waals surface area (Å²) in [6, 6.07) is 0. The Balaban J connectivity index is 2.47. The van der Waals surface area contributed by atoms with Crippen molar-refractivity contribution in [2.75, 3.05) is 5.88 Å². The van der Waals surface area contributed by atoms with Gasteiger partial charge >= 0.3 is 11.9 Å². The average molecular weight is 303 g/mol. The highest BCUT2D eigenvalue weighted by molar-refractivity contribution is 6.26. The molecule has 0 unspecified atom stereocenters. The Hall–Kier alpha value is -1.03. The minimum atomic E-state index is -0.532. The van der Waals surface area contributed by atoms with Crippen LogP contribution in [0.5, 0.6) is 0 Å². The largest absolute Gasteiger partial charge is 0.459 e. The first-order valence-corrected chi connectivity index (χ1v) is 7.44. The summed E-state index contributed by atoms with van der Waals surface area (Å²) in [5.74, 6) is -0.599. The van der Waals surface area contributed by atoms with Crippen LogP contribution in [0, 0.1) is 5.92 Å². The molecular formula is C15H23ClO4. The summed E-state index contributed by atoms with van der Waals surface area (Å²) in [5.41, 5.74) is -0.113. The van der Waals surface area contributed by atoms with E-state index in [4.69, 9.17) is 21.1 Å². The summed E-state index contributed by atoms with van der Waals surface area (Å²) >= 11 is 5.47. The molecule has 1 fully saturated rings. The standard InChI is InChI=1S/C15H23ClO4/c1-10(2)14(18)19-12-7-5-11(6-8-12)15(3,4)20-13(17)9-16/h11-12H,1,5-9H2,2-4H3. The van der Waals surface area contributed by atoms with E-state index in [1.807, 2.05) is 13.8 Å². The smallest absolute Gasteiger partial charge is 0.333 e. The first-order valence-electron chi connectivity index (χ1n) is 6.90. The van der Waals surface area contributed by atoms with Crippen molar-refractivity contribution >= 4 is 23.5 Å². The number of carbonyl (C=O) groups is 2. The van der Waals surface area contributed by atoms with Gasteiger partial charge in [-0.25, -0.2) is 4.79 Å². The molecule has 4 nitrogen and oxygen atoms in total. The SMILES string of the molecule is C=C(C)C(=O)OC1CCC(C(C)(C)OC(=O)CCl)CC1. The molecule has 0 bridgehead atoms.